The molecule has 0 fully saturated rings. The second kappa shape index (κ2) is 36.6. The Balaban J connectivity index is 3.01. The van der Waals surface area contributed by atoms with Crippen molar-refractivity contribution in [2.24, 2.45) is 0 Å². The molecule has 230 valence electrons. The first kappa shape index (κ1) is 37.6. The molecule has 0 heterocycles. The number of unbranched alkanes of at least 4 members (excludes halogenated alkanes) is 7. The van der Waals surface area contributed by atoms with Gasteiger partial charge >= 0.3 is 0 Å². The summed E-state index contributed by atoms with van der Waals surface area (Å²) >= 11 is 0. The summed E-state index contributed by atoms with van der Waals surface area (Å²) < 4.78 is 48.8. The monoisotopic (exact) mass is 554 g/mol. The molecule has 0 unspecified atom stereocenters. The average molecular weight is 555 g/mol. The Morgan fingerprint density at radius 2 is 0.526 bits per heavy atom. The molecule has 1 N–H and O–H groups in total. The summed E-state index contributed by atoms with van der Waals surface area (Å²) in [5, 5.41) is 8.56. The third-order valence-electron chi connectivity index (χ3n) is 5.35. The first-order chi connectivity index (χ1) is 18.9. The van der Waals surface area contributed by atoms with Crippen LogP contribution in [0.2, 0.25) is 0 Å². The molecule has 0 saturated carbocycles. The maximum Gasteiger partial charge on any atom is 0.0701 e. The quantitative estimate of drug-likeness (QED) is 0.117. The standard InChI is InChI=1S/C28H58O10/c1-2-3-4-5-6-7-8-9-11-30-13-15-32-17-19-34-21-23-36-25-27-38-28-26-37-24-22-35-20-18-33-16-14-31-12-10-29/h29H,2-28H2,1H3. The Morgan fingerprint density at radius 3 is 0.816 bits per heavy atom. The molecule has 0 aromatic rings. The van der Waals surface area contributed by atoms with E-state index in [1.165, 1.54) is 44.9 Å². The van der Waals surface area contributed by atoms with Crippen molar-refractivity contribution in [3.63, 3.8) is 0 Å². The van der Waals surface area contributed by atoms with Crippen molar-refractivity contribution in [1.29, 1.82) is 0 Å². The van der Waals surface area contributed by atoms with Gasteiger partial charge in [-0.3, -0.25) is 0 Å². The minimum absolute atomic E-state index is 0.0325. The highest BCUT2D eigenvalue weighted by atomic mass is 16.6. The fraction of sp³-hybridized carbons (Fsp3) is 1.00. The van der Waals surface area contributed by atoms with Gasteiger partial charge in [0.2, 0.25) is 0 Å². The van der Waals surface area contributed by atoms with Gasteiger partial charge in [-0.15, -0.1) is 0 Å². The molecule has 0 aromatic heterocycles. The van der Waals surface area contributed by atoms with E-state index >= 15 is 0 Å². The Kier molecular flexibility index (Phi) is 36.2. The van der Waals surface area contributed by atoms with Crippen LogP contribution in [0.4, 0.5) is 0 Å². The molecule has 38 heavy (non-hydrogen) atoms. The molecule has 0 aromatic carbocycles. The molecule has 0 aliphatic rings. The number of hydrogen-bond acceptors (Lipinski definition) is 10. The molecule has 0 rings (SSSR count). The molecule has 0 bridgehead atoms. The van der Waals surface area contributed by atoms with Crippen molar-refractivity contribution in [3.05, 3.63) is 0 Å². The van der Waals surface area contributed by atoms with Crippen LogP contribution in [-0.4, -0.2) is 131 Å². The van der Waals surface area contributed by atoms with Crippen LogP contribution in [0, 0.1) is 0 Å². The molecule has 10 nitrogen and oxygen atoms in total. The first-order valence-corrected chi connectivity index (χ1v) is 14.7. The van der Waals surface area contributed by atoms with E-state index in [0.29, 0.717) is 112 Å². The van der Waals surface area contributed by atoms with Crippen molar-refractivity contribution in [2.45, 2.75) is 58.3 Å². The van der Waals surface area contributed by atoms with Gasteiger partial charge in [0.05, 0.1) is 119 Å². The van der Waals surface area contributed by atoms with Crippen molar-refractivity contribution in [2.75, 3.05) is 126 Å². The minimum atomic E-state index is 0.0325. The Hall–Kier alpha value is -0.400. The van der Waals surface area contributed by atoms with E-state index in [1.54, 1.807) is 0 Å². The third-order valence-corrected chi connectivity index (χ3v) is 5.35. The van der Waals surface area contributed by atoms with E-state index in [0.717, 1.165) is 13.0 Å². The predicted octanol–water partition coefficient (Wildman–Crippen LogP) is 3.27. The Morgan fingerprint density at radius 1 is 0.289 bits per heavy atom. The average Bonchev–Trinajstić information content (AvgIpc) is 2.93. The van der Waals surface area contributed by atoms with Crippen LogP contribution in [0.25, 0.3) is 0 Å². The van der Waals surface area contributed by atoms with Crippen LogP contribution in [0.5, 0.6) is 0 Å². The van der Waals surface area contributed by atoms with Gasteiger partial charge in [-0.1, -0.05) is 51.9 Å². The zero-order valence-corrected chi connectivity index (χ0v) is 24.2. The summed E-state index contributed by atoms with van der Waals surface area (Å²) in [4.78, 5) is 0. The van der Waals surface area contributed by atoms with E-state index < -0.39 is 0 Å². The molecule has 0 aliphatic heterocycles. The van der Waals surface area contributed by atoms with Gasteiger partial charge in [0.15, 0.2) is 0 Å². The smallest absolute Gasteiger partial charge is 0.0701 e. The van der Waals surface area contributed by atoms with Crippen LogP contribution in [0.15, 0.2) is 0 Å². The molecule has 0 atom stereocenters. The van der Waals surface area contributed by atoms with Gasteiger partial charge < -0.3 is 47.7 Å². The van der Waals surface area contributed by atoms with Crippen molar-refractivity contribution in [1.82, 2.24) is 0 Å². The largest absolute Gasteiger partial charge is 0.394 e. The highest BCUT2D eigenvalue weighted by molar-refractivity contribution is 4.46. The predicted molar refractivity (Wildman–Crippen MR) is 147 cm³/mol. The molecule has 0 amide bonds. The maximum absolute atomic E-state index is 8.56. The van der Waals surface area contributed by atoms with Crippen LogP contribution in [-0.2, 0) is 42.6 Å². The second-order valence-corrected chi connectivity index (χ2v) is 8.71. The third kappa shape index (κ3) is 35.6. The van der Waals surface area contributed by atoms with E-state index in [9.17, 15) is 0 Å². The van der Waals surface area contributed by atoms with Crippen LogP contribution >= 0.6 is 0 Å². The van der Waals surface area contributed by atoms with E-state index in [4.69, 9.17) is 47.7 Å². The van der Waals surface area contributed by atoms with Crippen LogP contribution < -0.4 is 0 Å². The van der Waals surface area contributed by atoms with Gasteiger partial charge in [-0.2, -0.15) is 0 Å². The molecular weight excluding hydrogens is 496 g/mol. The lowest BCUT2D eigenvalue weighted by atomic mass is 10.1. The zero-order valence-electron chi connectivity index (χ0n) is 24.2. The first-order valence-electron chi connectivity index (χ1n) is 14.7. The number of ether oxygens (including phenoxy) is 9. The lowest BCUT2D eigenvalue weighted by Gasteiger charge is -2.09. The Bertz CT molecular complexity index is 368. The minimum Gasteiger partial charge on any atom is -0.394 e. The van der Waals surface area contributed by atoms with Gasteiger partial charge in [0.1, 0.15) is 0 Å². The molecule has 10 heteroatoms. The summed E-state index contributed by atoms with van der Waals surface area (Å²) in [5.41, 5.74) is 0. The summed E-state index contributed by atoms with van der Waals surface area (Å²) in [6.07, 6.45) is 10.5. The molecule has 0 aliphatic carbocycles. The van der Waals surface area contributed by atoms with E-state index in [1.807, 2.05) is 0 Å². The summed E-state index contributed by atoms with van der Waals surface area (Å²) in [6.45, 7) is 12.1. The molecular formula is C28H58O10. The number of rotatable bonds is 35. The highest BCUT2D eigenvalue weighted by Crippen LogP contribution is 2.08. The van der Waals surface area contributed by atoms with Crippen molar-refractivity contribution < 1.29 is 47.7 Å². The Labute approximate surface area is 231 Å². The maximum atomic E-state index is 8.56. The molecule has 0 radical (unpaired) electrons. The molecule has 0 saturated heterocycles. The van der Waals surface area contributed by atoms with Gasteiger partial charge in [0, 0.05) is 6.61 Å². The van der Waals surface area contributed by atoms with Gasteiger partial charge in [-0.25, -0.2) is 0 Å². The normalized spacial score (nSPS) is 11.5. The number of aliphatic hydroxyl groups is 1. The van der Waals surface area contributed by atoms with E-state index in [2.05, 4.69) is 6.92 Å². The fourth-order valence-electron chi connectivity index (χ4n) is 3.26. The molecule has 0 spiro atoms. The van der Waals surface area contributed by atoms with E-state index in [-0.39, 0.29) is 6.61 Å². The zero-order chi connectivity index (χ0) is 27.5. The summed E-state index contributed by atoms with van der Waals surface area (Å²) in [7, 11) is 0. The highest BCUT2D eigenvalue weighted by Gasteiger charge is 1.96. The van der Waals surface area contributed by atoms with Crippen molar-refractivity contribution >= 4 is 0 Å². The van der Waals surface area contributed by atoms with Crippen LogP contribution in [0.3, 0.4) is 0 Å². The van der Waals surface area contributed by atoms with Crippen molar-refractivity contribution in [3.8, 4) is 0 Å². The lowest BCUT2D eigenvalue weighted by Crippen LogP contribution is -2.15. The topological polar surface area (TPSA) is 103 Å². The lowest BCUT2D eigenvalue weighted by molar-refractivity contribution is -0.0255. The fourth-order valence-corrected chi connectivity index (χ4v) is 3.26. The van der Waals surface area contributed by atoms with Gasteiger partial charge in [0.25, 0.3) is 0 Å². The second-order valence-electron chi connectivity index (χ2n) is 8.71. The number of aliphatic hydroxyl groups excluding tert-OH is 1. The summed E-state index contributed by atoms with van der Waals surface area (Å²) in [6, 6.07) is 0. The SMILES string of the molecule is CCCCCCCCCCOCCOCCOCCOCCOCCOCCOCCOCCOCCO. The summed E-state index contributed by atoms with van der Waals surface area (Å²) in [5.74, 6) is 0. The number of hydrogen-bond donors (Lipinski definition) is 1. The van der Waals surface area contributed by atoms with Gasteiger partial charge in [-0.05, 0) is 6.42 Å². The van der Waals surface area contributed by atoms with Crippen LogP contribution in [0.1, 0.15) is 58.3 Å².